The van der Waals surface area contributed by atoms with Crippen molar-refractivity contribution < 1.29 is 23.8 Å². The number of carbonyl (C=O) groups is 1. The van der Waals surface area contributed by atoms with E-state index in [4.69, 9.17) is 19.7 Å². The molecule has 0 spiro atoms. The number of piperidine rings is 1. The van der Waals surface area contributed by atoms with Crippen molar-refractivity contribution in [3.8, 4) is 11.9 Å². The number of halogens is 1. The number of aromatic carboxylic acids is 1. The molecule has 1 aliphatic rings. The summed E-state index contributed by atoms with van der Waals surface area (Å²) in [4.78, 5) is 23.1. The fourth-order valence-electron chi connectivity index (χ4n) is 5.18. The molecule has 0 saturated carbocycles. The van der Waals surface area contributed by atoms with Gasteiger partial charge in [0.25, 0.3) is 0 Å². The lowest BCUT2D eigenvalue weighted by molar-refractivity contribution is 0.0697. The van der Waals surface area contributed by atoms with E-state index in [9.17, 15) is 14.3 Å². The molecule has 9 nitrogen and oxygen atoms in total. The van der Waals surface area contributed by atoms with Crippen LogP contribution in [-0.2, 0) is 24.4 Å². The molecule has 2 aromatic carbocycles. The topological polar surface area (TPSA) is 113 Å². The zero-order valence-electron chi connectivity index (χ0n) is 22.2. The van der Waals surface area contributed by atoms with Crippen LogP contribution in [0.25, 0.3) is 11.0 Å². The highest BCUT2D eigenvalue weighted by atomic mass is 19.1. The molecule has 1 aliphatic heterocycles. The normalized spacial score (nSPS) is 14.3. The second-order valence-electron chi connectivity index (χ2n) is 9.84. The summed E-state index contributed by atoms with van der Waals surface area (Å²) in [7, 11) is 1.64. The first-order valence-corrected chi connectivity index (χ1v) is 13.2. The number of likely N-dealkylation sites (tertiary alicyclic amines) is 1. The van der Waals surface area contributed by atoms with E-state index in [-0.39, 0.29) is 23.7 Å². The Morgan fingerprint density at radius 1 is 1.20 bits per heavy atom. The van der Waals surface area contributed by atoms with E-state index >= 15 is 0 Å². The standard InChI is InChI=1S/C30H30FN5O4/c1-39-14-13-36-27-16-22(30(37)38)6-7-26(27)34-28(36)18-35-11-8-21(9-12-35)24-3-2-10-33-29(24)40-19-23-5-4-20(17-32)15-25(23)31/h2-7,10,15-16,21H,8-9,11-14,18-19H2,1H3,(H,37,38). The number of rotatable bonds is 10. The Morgan fingerprint density at radius 2 is 2.02 bits per heavy atom. The maximum atomic E-state index is 14.3. The Hall–Kier alpha value is -4.33. The van der Waals surface area contributed by atoms with Gasteiger partial charge in [-0.3, -0.25) is 4.90 Å². The first-order valence-electron chi connectivity index (χ1n) is 13.2. The average molecular weight is 544 g/mol. The maximum Gasteiger partial charge on any atom is 0.335 e. The van der Waals surface area contributed by atoms with Gasteiger partial charge in [-0.25, -0.2) is 19.2 Å². The first kappa shape index (κ1) is 27.2. The number of carboxylic acids is 1. The van der Waals surface area contributed by atoms with Gasteiger partial charge in [-0.15, -0.1) is 0 Å². The summed E-state index contributed by atoms with van der Waals surface area (Å²) >= 11 is 0. The molecular weight excluding hydrogens is 513 g/mol. The van der Waals surface area contributed by atoms with Crippen molar-refractivity contribution in [1.29, 1.82) is 5.26 Å². The highest BCUT2D eigenvalue weighted by Gasteiger charge is 2.25. The van der Waals surface area contributed by atoms with Gasteiger partial charge in [0.1, 0.15) is 18.2 Å². The third-order valence-electron chi connectivity index (χ3n) is 7.33. The fourth-order valence-corrected chi connectivity index (χ4v) is 5.18. The number of ether oxygens (including phenoxy) is 2. The Labute approximate surface area is 231 Å². The number of nitriles is 1. The van der Waals surface area contributed by atoms with Crippen LogP contribution in [0.3, 0.4) is 0 Å². The second kappa shape index (κ2) is 12.2. The Morgan fingerprint density at radius 3 is 2.75 bits per heavy atom. The fraction of sp³-hybridized carbons (Fsp3) is 0.333. The summed E-state index contributed by atoms with van der Waals surface area (Å²) in [5.74, 6) is 0.186. The number of aromatic nitrogens is 3. The van der Waals surface area contributed by atoms with E-state index in [0.29, 0.717) is 31.1 Å². The van der Waals surface area contributed by atoms with Gasteiger partial charge in [0.2, 0.25) is 5.88 Å². The summed E-state index contributed by atoms with van der Waals surface area (Å²) in [5.41, 5.74) is 3.43. The first-order chi connectivity index (χ1) is 19.5. The van der Waals surface area contributed by atoms with Crippen LogP contribution < -0.4 is 4.74 Å². The predicted octanol–water partition coefficient (Wildman–Crippen LogP) is 4.75. The van der Waals surface area contributed by atoms with Crippen molar-refractivity contribution in [2.75, 3.05) is 26.8 Å². The predicted molar refractivity (Wildman–Crippen MR) is 146 cm³/mol. The Balaban J connectivity index is 1.26. The largest absolute Gasteiger partial charge is 0.478 e. The smallest absolute Gasteiger partial charge is 0.335 e. The van der Waals surface area contributed by atoms with Crippen molar-refractivity contribution >= 4 is 17.0 Å². The molecule has 1 fully saturated rings. The number of hydrogen-bond acceptors (Lipinski definition) is 7. The van der Waals surface area contributed by atoms with Crippen LogP contribution in [0.2, 0.25) is 0 Å². The molecule has 0 unspecified atom stereocenters. The van der Waals surface area contributed by atoms with Crippen LogP contribution in [0, 0.1) is 17.1 Å². The van der Waals surface area contributed by atoms with Gasteiger partial charge in [0.05, 0.1) is 41.4 Å². The SMILES string of the molecule is COCCn1c(CN2CCC(c3cccnc3OCc3ccc(C#N)cc3F)CC2)nc2ccc(C(=O)O)cc21. The molecule has 40 heavy (non-hydrogen) atoms. The summed E-state index contributed by atoms with van der Waals surface area (Å²) in [6.07, 6.45) is 3.47. The molecule has 0 radical (unpaired) electrons. The second-order valence-corrected chi connectivity index (χ2v) is 9.84. The minimum Gasteiger partial charge on any atom is -0.478 e. The van der Waals surface area contributed by atoms with Gasteiger partial charge in [0, 0.05) is 31.0 Å². The molecule has 0 aliphatic carbocycles. The van der Waals surface area contributed by atoms with Crippen LogP contribution in [0.1, 0.15) is 51.6 Å². The summed E-state index contributed by atoms with van der Waals surface area (Å²) < 4.78 is 27.6. The summed E-state index contributed by atoms with van der Waals surface area (Å²) in [5, 5.41) is 18.4. The molecule has 1 saturated heterocycles. The van der Waals surface area contributed by atoms with Crippen molar-refractivity contribution in [2.24, 2.45) is 0 Å². The maximum absolute atomic E-state index is 14.3. The minimum absolute atomic E-state index is 0.0294. The van der Waals surface area contributed by atoms with Gasteiger partial charge in [0.15, 0.2) is 0 Å². The average Bonchev–Trinajstić information content (AvgIpc) is 3.31. The molecule has 5 rings (SSSR count). The van der Waals surface area contributed by atoms with Crippen molar-refractivity contribution in [2.45, 2.75) is 38.5 Å². The summed E-state index contributed by atoms with van der Waals surface area (Å²) in [6.45, 7) is 3.43. The van der Waals surface area contributed by atoms with Gasteiger partial charge >= 0.3 is 5.97 Å². The molecule has 0 amide bonds. The lowest BCUT2D eigenvalue weighted by Crippen LogP contribution is -2.33. The lowest BCUT2D eigenvalue weighted by atomic mass is 9.90. The number of methoxy groups -OCH3 is 1. The van der Waals surface area contributed by atoms with Crippen LogP contribution in [0.5, 0.6) is 5.88 Å². The molecule has 10 heteroatoms. The van der Waals surface area contributed by atoms with Crippen molar-refractivity contribution in [1.82, 2.24) is 19.4 Å². The molecule has 1 N–H and O–H groups in total. The van der Waals surface area contributed by atoms with Crippen molar-refractivity contribution in [3.05, 3.63) is 88.6 Å². The van der Waals surface area contributed by atoms with E-state index < -0.39 is 11.8 Å². The van der Waals surface area contributed by atoms with Crippen LogP contribution >= 0.6 is 0 Å². The molecule has 3 heterocycles. The van der Waals surface area contributed by atoms with E-state index in [1.165, 1.54) is 6.07 Å². The molecule has 2 aromatic heterocycles. The summed E-state index contributed by atoms with van der Waals surface area (Å²) in [6, 6.07) is 15.2. The van der Waals surface area contributed by atoms with E-state index in [1.54, 1.807) is 43.6 Å². The van der Waals surface area contributed by atoms with Gasteiger partial charge in [-0.05, 0) is 68.2 Å². The number of hydrogen-bond donors (Lipinski definition) is 1. The van der Waals surface area contributed by atoms with Crippen LogP contribution in [-0.4, -0.2) is 57.3 Å². The Kier molecular flexibility index (Phi) is 8.34. The third kappa shape index (κ3) is 5.96. The van der Waals surface area contributed by atoms with Crippen LogP contribution in [0.15, 0.2) is 54.7 Å². The van der Waals surface area contributed by atoms with E-state index in [2.05, 4.69) is 9.88 Å². The molecule has 206 valence electrons. The minimum atomic E-state index is -0.967. The lowest BCUT2D eigenvalue weighted by Gasteiger charge is -2.32. The van der Waals surface area contributed by atoms with Crippen LogP contribution in [0.4, 0.5) is 4.39 Å². The zero-order valence-corrected chi connectivity index (χ0v) is 22.2. The quantitative estimate of drug-likeness (QED) is 0.305. The molecule has 0 atom stereocenters. The Bertz CT molecular complexity index is 1560. The highest BCUT2D eigenvalue weighted by molar-refractivity contribution is 5.92. The number of nitrogens with zero attached hydrogens (tertiary/aromatic N) is 5. The van der Waals surface area contributed by atoms with Gasteiger partial charge < -0.3 is 19.1 Å². The number of carboxylic acid groups (broad SMARTS) is 1. The van der Waals surface area contributed by atoms with E-state index in [1.807, 2.05) is 22.8 Å². The molecule has 4 aromatic rings. The van der Waals surface area contributed by atoms with Gasteiger partial charge in [-0.2, -0.15) is 5.26 Å². The number of imidazole rings is 1. The van der Waals surface area contributed by atoms with Crippen molar-refractivity contribution in [3.63, 3.8) is 0 Å². The molecular formula is C30H30FN5O4. The van der Waals surface area contributed by atoms with E-state index in [0.717, 1.165) is 48.4 Å². The zero-order chi connectivity index (χ0) is 28.1. The number of benzene rings is 2. The monoisotopic (exact) mass is 543 g/mol. The highest BCUT2D eigenvalue weighted by Crippen LogP contribution is 2.34. The van der Waals surface area contributed by atoms with Gasteiger partial charge in [-0.1, -0.05) is 12.1 Å². The number of fused-ring (bicyclic) bond motifs is 1. The number of pyridine rings is 1. The molecule has 0 bridgehead atoms. The third-order valence-corrected chi connectivity index (χ3v) is 7.33.